The molecule has 1 unspecified atom stereocenters. The largest absolute Gasteiger partial charge is 0.342 e. The van der Waals surface area contributed by atoms with E-state index in [9.17, 15) is 9.59 Å². The summed E-state index contributed by atoms with van der Waals surface area (Å²) in [5.74, 6) is 0.822. The summed E-state index contributed by atoms with van der Waals surface area (Å²) in [6, 6.07) is 6.98. The highest BCUT2D eigenvalue weighted by molar-refractivity contribution is 6.30. The van der Waals surface area contributed by atoms with Crippen LogP contribution >= 0.6 is 24.0 Å². The average molecular weight is 428 g/mol. The Hall–Kier alpha value is -1.30. The SMILES string of the molecule is CCNCC1CCN(C(=O)C2CCCN(C(=O)c3ccc(Cl)cc3)C2)CC1.Cl. The van der Waals surface area contributed by atoms with Gasteiger partial charge >= 0.3 is 0 Å². The van der Waals surface area contributed by atoms with Crippen molar-refractivity contribution >= 4 is 35.8 Å². The molecule has 7 heteroatoms. The van der Waals surface area contributed by atoms with Crippen molar-refractivity contribution in [1.82, 2.24) is 15.1 Å². The first-order valence-electron chi connectivity index (χ1n) is 10.1. The molecule has 2 fully saturated rings. The number of rotatable bonds is 5. The van der Waals surface area contributed by atoms with Crippen molar-refractivity contribution in [2.75, 3.05) is 39.3 Å². The summed E-state index contributed by atoms with van der Waals surface area (Å²) in [6.45, 7) is 7.10. The van der Waals surface area contributed by atoms with E-state index in [1.54, 1.807) is 24.3 Å². The fraction of sp³-hybridized carbons (Fsp3) is 0.619. The summed E-state index contributed by atoms with van der Waals surface area (Å²) in [5, 5.41) is 4.03. The number of carbonyl (C=O) groups excluding carboxylic acids is 2. The van der Waals surface area contributed by atoms with Crippen molar-refractivity contribution < 1.29 is 9.59 Å². The molecular formula is C21H31Cl2N3O2. The van der Waals surface area contributed by atoms with Gasteiger partial charge in [0.1, 0.15) is 0 Å². The molecule has 2 saturated heterocycles. The minimum atomic E-state index is -0.0692. The van der Waals surface area contributed by atoms with Gasteiger partial charge < -0.3 is 15.1 Å². The van der Waals surface area contributed by atoms with Crippen LogP contribution in [0.1, 0.15) is 43.0 Å². The fourth-order valence-electron chi connectivity index (χ4n) is 4.10. The lowest BCUT2D eigenvalue weighted by molar-refractivity contribution is -0.138. The van der Waals surface area contributed by atoms with Gasteiger partial charge in [0.15, 0.2) is 0 Å². The summed E-state index contributed by atoms with van der Waals surface area (Å²) in [4.78, 5) is 29.6. The third-order valence-electron chi connectivity index (χ3n) is 5.76. The second-order valence-corrected chi connectivity index (χ2v) is 8.11. The minimum absolute atomic E-state index is 0. The Labute approximate surface area is 179 Å². The van der Waals surface area contributed by atoms with Crippen molar-refractivity contribution in [3.8, 4) is 0 Å². The molecule has 2 aliphatic heterocycles. The van der Waals surface area contributed by atoms with Gasteiger partial charge in [0.25, 0.3) is 5.91 Å². The number of hydrogen-bond acceptors (Lipinski definition) is 3. The van der Waals surface area contributed by atoms with Crippen LogP contribution < -0.4 is 5.32 Å². The molecule has 0 radical (unpaired) electrons. The molecule has 2 amide bonds. The van der Waals surface area contributed by atoms with Crippen molar-refractivity contribution in [1.29, 1.82) is 0 Å². The number of hydrogen-bond donors (Lipinski definition) is 1. The van der Waals surface area contributed by atoms with E-state index in [4.69, 9.17) is 11.6 Å². The molecule has 0 bridgehead atoms. The van der Waals surface area contributed by atoms with E-state index in [-0.39, 0.29) is 30.1 Å². The highest BCUT2D eigenvalue weighted by Gasteiger charge is 2.33. The van der Waals surface area contributed by atoms with Crippen LogP contribution in [0.3, 0.4) is 0 Å². The molecule has 3 rings (SSSR count). The number of likely N-dealkylation sites (tertiary alicyclic amines) is 2. The Morgan fingerprint density at radius 1 is 1.07 bits per heavy atom. The molecule has 1 aromatic carbocycles. The van der Waals surface area contributed by atoms with E-state index < -0.39 is 0 Å². The average Bonchev–Trinajstić information content (AvgIpc) is 2.72. The van der Waals surface area contributed by atoms with E-state index in [1.165, 1.54) is 0 Å². The summed E-state index contributed by atoms with van der Waals surface area (Å²) < 4.78 is 0. The summed E-state index contributed by atoms with van der Waals surface area (Å²) in [6.07, 6.45) is 3.89. The topological polar surface area (TPSA) is 52.7 Å². The molecule has 28 heavy (non-hydrogen) atoms. The van der Waals surface area contributed by atoms with Crippen LogP contribution in [0.15, 0.2) is 24.3 Å². The predicted molar refractivity (Wildman–Crippen MR) is 115 cm³/mol. The van der Waals surface area contributed by atoms with Gasteiger partial charge in [-0.3, -0.25) is 9.59 Å². The van der Waals surface area contributed by atoms with Gasteiger partial charge in [0.2, 0.25) is 5.91 Å². The third kappa shape index (κ3) is 5.85. The first kappa shape index (κ1) is 23.0. The lowest BCUT2D eigenvalue weighted by atomic mass is 9.92. The van der Waals surface area contributed by atoms with Crippen molar-refractivity contribution in [3.63, 3.8) is 0 Å². The molecule has 0 aliphatic carbocycles. The quantitative estimate of drug-likeness (QED) is 0.782. The molecular weight excluding hydrogens is 397 g/mol. The van der Waals surface area contributed by atoms with E-state index >= 15 is 0 Å². The number of halogens is 2. The van der Waals surface area contributed by atoms with Gasteiger partial charge in [-0.2, -0.15) is 0 Å². The number of piperidine rings is 2. The van der Waals surface area contributed by atoms with E-state index in [0.717, 1.165) is 58.4 Å². The molecule has 0 aromatic heterocycles. The smallest absolute Gasteiger partial charge is 0.253 e. The van der Waals surface area contributed by atoms with Crippen LogP contribution in [0.4, 0.5) is 0 Å². The van der Waals surface area contributed by atoms with Crippen molar-refractivity contribution in [2.24, 2.45) is 11.8 Å². The lowest BCUT2D eigenvalue weighted by Gasteiger charge is -2.38. The van der Waals surface area contributed by atoms with Gasteiger partial charge in [-0.1, -0.05) is 18.5 Å². The van der Waals surface area contributed by atoms with Gasteiger partial charge in [0.05, 0.1) is 5.92 Å². The molecule has 0 spiro atoms. The Bertz CT molecular complexity index is 646. The Morgan fingerprint density at radius 2 is 1.75 bits per heavy atom. The number of nitrogens with zero attached hydrogens (tertiary/aromatic N) is 2. The van der Waals surface area contributed by atoms with Gasteiger partial charge in [-0.25, -0.2) is 0 Å². The number of amides is 2. The standard InChI is InChI=1S/C21H30ClN3O2.ClH/c1-2-23-14-16-9-12-24(13-10-16)21(27)18-4-3-11-25(15-18)20(26)17-5-7-19(22)8-6-17;/h5-8,16,18,23H,2-4,9-15H2,1H3;1H. The van der Waals surface area contributed by atoms with E-state index in [1.807, 2.05) is 9.80 Å². The van der Waals surface area contributed by atoms with Crippen LogP contribution in [0.25, 0.3) is 0 Å². The highest BCUT2D eigenvalue weighted by atomic mass is 35.5. The summed E-state index contributed by atoms with van der Waals surface area (Å²) >= 11 is 5.91. The Balaban J connectivity index is 0.00000280. The molecule has 2 heterocycles. The van der Waals surface area contributed by atoms with E-state index in [0.29, 0.717) is 23.0 Å². The molecule has 2 aliphatic rings. The van der Waals surface area contributed by atoms with Gasteiger partial charge in [0, 0.05) is 36.8 Å². The third-order valence-corrected chi connectivity index (χ3v) is 6.01. The van der Waals surface area contributed by atoms with Gasteiger partial charge in [-0.05, 0) is 69.0 Å². The second kappa shape index (κ2) is 11.0. The van der Waals surface area contributed by atoms with Crippen LogP contribution in [-0.2, 0) is 4.79 Å². The molecule has 0 saturated carbocycles. The van der Waals surface area contributed by atoms with Gasteiger partial charge in [-0.15, -0.1) is 12.4 Å². The fourth-order valence-corrected chi connectivity index (χ4v) is 4.23. The summed E-state index contributed by atoms with van der Waals surface area (Å²) in [5.41, 5.74) is 0.636. The number of nitrogens with one attached hydrogen (secondary N) is 1. The zero-order chi connectivity index (χ0) is 19.2. The molecule has 156 valence electrons. The predicted octanol–water partition coefficient (Wildman–Crippen LogP) is 3.46. The van der Waals surface area contributed by atoms with Crippen LogP contribution in [0.5, 0.6) is 0 Å². The molecule has 1 N–H and O–H groups in total. The normalized spacial score (nSPS) is 20.6. The molecule has 5 nitrogen and oxygen atoms in total. The van der Waals surface area contributed by atoms with Crippen LogP contribution in [0, 0.1) is 11.8 Å². The Kier molecular flexibility index (Phi) is 9.06. The zero-order valence-corrected chi connectivity index (χ0v) is 18.1. The maximum absolute atomic E-state index is 13.0. The maximum Gasteiger partial charge on any atom is 0.253 e. The van der Waals surface area contributed by atoms with Crippen LogP contribution in [-0.4, -0.2) is 60.9 Å². The highest BCUT2D eigenvalue weighted by Crippen LogP contribution is 2.24. The van der Waals surface area contributed by atoms with Crippen LogP contribution in [0.2, 0.25) is 5.02 Å². The minimum Gasteiger partial charge on any atom is -0.342 e. The molecule has 1 atom stereocenters. The monoisotopic (exact) mass is 427 g/mol. The molecule has 1 aromatic rings. The number of carbonyl (C=O) groups is 2. The first-order valence-corrected chi connectivity index (χ1v) is 10.5. The maximum atomic E-state index is 13.0. The number of benzene rings is 1. The van der Waals surface area contributed by atoms with Crippen molar-refractivity contribution in [3.05, 3.63) is 34.9 Å². The summed E-state index contributed by atoms with van der Waals surface area (Å²) in [7, 11) is 0. The first-order chi connectivity index (χ1) is 13.1. The lowest BCUT2D eigenvalue weighted by Crippen LogP contribution is -2.49. The second-order valence-electron chi connectivity index (χ2n) is 7.67. The zero-order valence-electron chi connectivity index (χ0n) is 16.5. The van der Waals surface area contributed by atoms with Crippen molar-refractivity contribution in [2.45, 2.75) is 32.6 Å². The Morgan fingerprint density at radius 3 is 2.39 bits per heavy atom. The van der Waals surface area contributed by atoms with E-state index in [2.05, 4.69) is 12.2 Å².